The first kappa shape index (κ1) is 26.7. The predicted octanol–water partition coefficient (Wildman–Crippen LogP) is 0.0595. The standard InChI is InChI=1S/C21H28N8O7S/c1-12(28-37(30)31)14(18-22-8-13(32-2)9-23-18)7-16-26-27-19(15-10-35-5-6-36-15)29(16)17-20(33-3)24-11-25-21(17)34-4/h8-9,11-12,14-15,28H,5-7,10H2,1-4H3,(H,30,31)/p-1/t12-,14-,15+/m1/s1. The largest absolute Gasteiger partial charge is 0.760 e. The molecule has 0 radical (unpaired) electrons. The Balaban J connectivity index is 1.84. The van der Waals surface area contributed by atoms with Crippen molar-refractivity contribution >= 4 is 11.3 Å². The molecule has 1 saturated heterocycles. The summed E-state index contributed by atoms with van der Waals surface area (Å²) in [4.78, 5) is 17.2. The van der Waals surface area contributed by atoms with Crippen molar-refractivity contribution in [1.82, 2.24) is 39.4 Å². The number of aromatic nitrogens is 7. The Labute approximate surface area is 215 Å². The number of hydrogen-bond acceptors (Lipinski definition) is 13. The molecule has 1 aliphatic rings. The molecule has 0 saturated carbocycles. The van der Waals surface area contributed by atoms with E-state index in [0.717, 1.165) is 0 Å². The Bertz CT molecular complexity index is 1180. The van der Waals surface area contributed by atoms with E-state index in [0.29, 0.717) is 42.1 Å². The summed E-state index contributed by atoms with van der Waals surface area (Å²) in [5.41, 5.74) is 0.360. The van der Waals surface area contributed by atoms with Crippen molar-refractivity contribution in [2.45, 2.75) is 31.4 Å². The molecule has 0 bridgehead atoms. The van der Waals surface area contributed by atoms with Crippen LogP contribution in [0, 0.1) is 0 Å². The van der Waals surface area contributed by atoms with Crippen molar-refractivity contribution in [2.75, 3.05) is 41.2 Å². The Kier molecular flexibility index (Phi) is 8.88. The molecule has 4 rings (SSSR count). The van der Waals surface area contributed by atoms with Gasteiger partial charge in [0.25, 0.3) is 0 Å². The first-order valence-electron chi connectivity index (χ1n) is 11.2. The topological polar surface area (TPSA) is 181 Å². The van der Waals surface area contributed by atoms with Crippen LogP contribution in [-0.4, -0.2) is 90.7 Å². The molecule has 4 heterocycles. The van der Waals surface area contributed by atoms with Crippen molar-refractivity contribution in [1.29, 1.82) is 0 Å². The molecule has 37 heavy (non-hydrogen) atoms. The smallest absolute Gasteiger partial charge is 0.245 e. The minimum atomic E-state index is -2.52. The monoisotopic (exact) mass is 535 g/mol. The second-order valence-electron chi connectivity index (χ2n) is 7.92. The SMILES string of the molecule is COc1cnc([C@H](Cc2nnc([C@@H]3COCCO3)n2-c2c(OC)ncnc2OC)[C@@H](C)NS(=O)[O-])nc1. The highest BCUT2D eigenvalue weighted by Gasteiger charge is 2.32. The lowest BCUT2D eigenvalue weighted by Gasteiger charge is -2.26. The third-order valence-corrected chi connectivity index (χ3v) is 6.29. The van der Waals surface area contributed by atoms with E-state index in [-0.39, 0.29) is 24.8 Å². The first-order chi connectivity index (χ1) is 18.0. The predicted molar refractivity (Wildman–Crippen MR) is 126 cm³/mol. The number of nitrogens with one attached hydrogen (secondary N) is 1. The number of nitrogens with zero attached hydrogens (tertiary/aromatic N) is 7. The van der Waals surface area contributed by atoms with E-state index in [9.17, 15) is 8.76 Å². The summed E-state index contributed by atoms with van der Waals surface area (Å²) in [5, 5.41) is 8.83. The molecule has 4 atom stereocenters. The molecule has 3 aromatic heterocycles. The summed E-state index contributed by atoms with van der Waals surface area (Å²) in [6.45, 7) is 2.81. The Morgan fingerprint density at radius 3 is 2.38 bits per heavy atom. The molecular formula is C21H27N8O7S-. The van der Waals surface area contributed by atoms with E-state index in [2.05, 4.69) is 34.9 Å². The molecule has 16 heteroatoms. The van der Waals surface area contributed by atoms with Crippen LogP contribution in [0.5, 0.6) is 17.5 Å². The van der Waals surface area contributed by atoms with Gasteiger partial charge in [0, 0.05) is 29.6 Å². The van der Waals surface area contributed by atoms with Crippen LogP contribution in [0.3, 0.4) is 0 Å². The van der Waals surface area contributed by atoms with Crippen LogP contribution in [0.4, 0.5) is 0 Å². The van der Waals surface area contributed by atoms with E-state index in [4.69, 9.17) is 23.7 Å². The Morgan fingerprint density at radius 1 is 1.11 bits per heavy atom. The van der Waals surface area contributed by atoms with Gasteiger partial charge in [-0.3, -0.25) is 8.78 Å². The third-order valence-electron chi connectivity index (χ3n) is 5.73. The van der Waals surface area contributed by atoms with Gasteiger partial charge in [-0.25, -0.2) is 14.7 Å². The molecule has 1 unspecified atom stereocenters. The molecule has 0 amide bonds. The number of ether oxygens (including phenoxy) is 5. The van der Waals surface area contributed by atoms with Gasteiger partial charge in [0.2, 0.25) is 11.8 Å². The fraction of sp³-hybridized carbons (Fsp3) is 0.524. The molecule has 15 nitrogen and oxygen atoms in total. The van der Waals surface area contributed by atoms with Crippen molar-refractivity contribution in [3.8, 4) is 23.2 Å². The van der Waals surface area contributed by atoms with Crippen LogP contribution in [-0.2, 0) is 27.2 Å². The van der Waals surface area contributed by atoms with E-state index >= 15 is 0 Å². The summed E-state index contributed by atoms with van der Waals surface area (Å²) in [6.07, 6.45) is 3.96. The van der Waals surface area contributed by atoms with Crippen molar-refractivity contribution in [2.24, 2.45) is 0 Å². The fourth-order valence-corrected chi connectivity index (χ4v) is 4.40. The van der Waals surface area contributed by atoms with Gasteiger partial charge in [-0.05, 0) is 6.92 Å². The molecule has 200 valence electrons. The minimum absolute atomic E-state index is 0.166. The van der Waals surface area contributed by atoms with E-state index < -0.39 is 29.3 Å². The van der Waals surface area contributed by atoms with Gasteiger partial charge in [0.05, 0.1) is 53.5 Å². The van der Waals surface area contributed by atoms with Crippen LogP contribution in [0.15, 0.2) is 18.7 Å². The van der Waals surface area contributed by atoms with Crippen LogP contribution >= 0.6 is 0 Å². The maximum absolute atomic E-state index is 11.5. The molecular weight excluding hydrogens is 508 g/mol. The highest BCUT2D eigenvalue weighted by Crippen LogP contribution is 2.34. The average Bonchev–Trinajstić information content (AvgIpc) is 3.34. The molecule has 1 aliphatic heterocycles. The lowest BCUT2D eigenvalue weighted by Crippen LogP contribution is -2.36. The number of rotatable bonds is 11. The van der Waals surface area contributed by atoms with E-state index in [1.807, 2.05) is 0 Å². The molecule has 1 fully saturated rings. The van der Waals surface area contributed by atoms with Crippen LogP contribution in [0.1, 0.15) is 36.4 Å². The summed E-state index contributed by atoms with van der Waals surface area (Å²) in [6, 6.07) is -0.606. The first-order valence-corrected chi connectivity index (χ1v) is 12.3. The summed E-state index contributed by atoms with van der Waals surface area (Å²) in [5.74, 6) is 1.57. The zero-order valence-electron chi connectivity index (χ0n) is 20.7. The molecule has 3 aromatic rings. The maximum Gasteiger partial charge on any atom is 0.245 e. The number of hydrogen-bond donors (Lipinski definition) is 1. The minimum Gasteiger partial charge on any atom is -0.760 e. The van der Waals surface area contributed by atoms with Crippen LogP contribution in [0.2, 0.25) is 0 Å². The van der Waals surface area contributed by atoms with Gasteiger partial charge in [-0.15, -0.1) is 10.2 Å². The van der Waals surface area contributed by atoms with Gasteiger partial charge in [0.15, 0.2) is 17.3 Å². The van der Waals surface area contributed by atoms with Crippen molar-refractivity contribution in [3.63, 3.8) is 0 Å². The van der Waals surface area contributed by atoms with Crippen molar-refractivity contribution in [3.05, 3.63) is 36.2 Å². The second kappa shape index (κ2) is 12.3. The maximum atomic E-state index is 11.5. The summed E-state index contributed by atoms with van der Waals surface area (Å²) >= 11 is -2.52. The summed E-state index contributed by atoms with van der Waals surface area (Å²) in [7, 11) is 4.45. The lowest BCUT2D eigenvalue weighted by atomic mass is 9.96. The average molecular weight is 536 g/mol. The van der Waals surface area contributed by atoms with Crippen LogP contribution < -0.4 is 18.9 Å². The molecule has 0 spiro atoms. The van der Waals surface area contributed by atoms with Gasteiger partial charge >= 0.3 is 0 Å². The zero-order valence-corrected chi connectivity index (χ0v) is 21.5. The fourth-order valence-electron chi connectivity index (χ4n) is 3.93. The van der Waals surface area contributed by atoms with E-state index in [1.165, 1.54) is 40.1 Å². The van der Waals surface area contributed by atoms with Crippen LogP contribution in [0.25, 0.3) is 5.69 Å². The quantitative estimate of drug-likeness (QED) is 0.326. The number of methoxy groups -OCH3 is 3. The van der Waals surface area contributed by atoms with E-state index in [1.54, 1.807) is 11.5 Å². The van der Waals surface area contributed by atoms with Gasteiger partial charge in [-0.1, -0.05) is 0 Å². The Morgan fingerprint density at radius 2 is 1.81 bits per heavy atom. The molecule has 0 aliphatic carbocycles. The molecule has 1 N–H and O–H groups in total. The normalized spacial score (nSPS) is 18.1. The third kappa shape index (κ3) is 5.99. The van der Waals surface area contributed by atoms with Gasteiger partial charge < -0.3 is 28.2 Å². The van der Waals surface area contributed by atoms with Gasteiger partial charge in [-0.2, -0.15) is 9.97 Å². The second-order valence-corrected chi connectivity index (χ2v) is 8.62. The molecule has 0 aromatic carbocycles. The zero-order chi connectivity index (χ0) is 26.4. The van der Waals surface area contributed by atoms with Gasteiger partial charge in [0.1, 0.15) is 24.1 Å². The highest BCUT2D eigenvalue weighted by atomic mass is 32.2. The lowest BCUT2D eigenvalue weighted by molar-refractivity contribution is -0.0942. The summed E-state index contributed by atoms with van der Waals surface area (Å²) < 4.78 is 54.8. The highest BCUT2D eigenvalue weighted by molar-refractivity contribution is 7.77. The van der Waals surface area contributed by atoms with Crippen molar-refractivity contribution < 1.29 is 32.4 Å². The Hall–Kier alpha value is -3.31.